The fraction of sp³-hybridized carbons (Fsp3) is 0.567. The fourth-order valence-corrected chi connectivity index (χ4v) is 4.35. The van der Waals surface area contributed by atoms with Crippen molar-refractivity contribution in [3.8, 4) is 0 Å². The Morgan fingerprint density at radius 3 is 2.05 bits per heavy atom. The first-order valence-corrected chi connectivity index (χ1v) is 13.5. The molecule has 2 rings (SSSR count). The molecule has 0 saturated heterocycles. The first-order chi connectivity index (χ1) is 17.8. The largest absolute Gasteiger partial charge is 0.346 e. The molecule has 1 heterocycles. The number of Topliss-reactive ketones (excluding diaryl/α,β-unsaturated/α-hetero) is 1. The summed E-state index contributed by atoms with van der Waals surface area (Å²) in [7, 11) is 0. The molecule has 0 spiro atoms. The van der Waals surface area contributed by atoms with E-state index in [4.69, 9.17) is 0 Å². The highest BCUT2D eigenvalue weighted by molar-refractivity contribution is 6.12. The van der Waals surface area contributed by atoms with Gasteiger partial charge in [0.1, 0.15) is 0 Å². The molecule has 0 aromatic heterocycles. The lowest BCUT2D eigenvalue weighted by Gasteiger charge is -2.23. The van der Waals surface area contributed by atoms with Crippen molar-refractivity contribution >= 4 is 35.1 Å². The van der Waals surface area contributed by atoms with E-state index in [0.717, 1.165) is 6.42 Å². The lowest BCUT2D eigenvalue weighted by molar-refractivity contribution is -0.137. The number of nitrogens with one attached hydrogen (secondary N) is 2. The molecule has 0 saturated carbocycles. The monoisotopic (exact) mass is 525 g/mol. The standard InChI is InChI=1S/C30H43N3O5/c1-20(2)28(32-25(35)10-8-7-9-17-33-26(36)15-16-27(33)37)24(34)18-21(3)29(38)31-23-13-11-22(12-14-23)19-30(4,5)6/h11-16,20-21,28H,7-10,17-19H2,1-6H3,(H,31,38)(H,32,35)/t21-,28+/m1/s1. The summed E-state index contributed by atoms with van der Waals surface area (Å²) >= 11 is 0. The van der Waals surface area contributed by atoms with E-state index in [1.54, 1.807) is 6.92 Å². The minimum absolute atomic E-state index is 0.0307. The molecule has 1 aliphatic heterocycles. The smallest absolute Gasteiger partial charge is 0.253 e. The average molecular weight is 526 g/mol. The minimum Gasteiger partial charge on any atom is -0.346 e. The van der Waals surface area contributed by atoms with E-state index >= 15 is 0 Å². The summed E-state index contributed by atoms with van der Waals surface area (Å²) in [4.78, 5) is 62.5. The zero-order chi connectivity index (χ0) is 28.5. The van der Waals surface area contributed by atoms with Gasteiger partial charge in [0.2, 0.25) is 11.8 Å². The van der Waals surface area contributed by atoms with Gasteiger partial charge in [-0.2, -0.15) is 0 Å². The third kappa shape index (κ3) is 10.2. The molecule has 0 fully saturated rings. The van der Waals surface area contributed by atoms with Gasteiger partial charge in [0, 0.05) is 43.1 Å². The molecule has 0 radical (unpaired) electrons. The van der Waals surface area contributed by atoms with Crippen LogP contribution < -0.4 is 10.6 Å². The van der Waals surface area contributed by atoms with E-state index in [2.05, 4.69) is 31.4 Å². The molecule has 4 amide bonds. The number of imide groups is 1. The third-order valence-electron chi connectivity index (χ3n) is 6.43. The zero-order valence-corrected chi connectivity index (χ0v) is 23.6. The van der Waals surface area contributed by atoms with Crippen LogP contribution in [0.3, 0.4) is 0 Å². The summed E-state index contributed by atoms with van der Waals surface area (Å²) in [5.41, 5.74) is 2.06. The Kier molecular flexibility index (Phi) is 11.4. The van der Waals surface area contributed by atoms with Crippen LogP contribution in [0.15, 0.2) is 36.4 Å². The number of carbonyl (C=O) groups excluding carboxylic acids is 5. The van der Waals surface area contributed by atoms with Crippen LogP contribution in [0.2, 0.25) is 0 Å². The van der Waals surface area contributed by atoms with Crippen molar-refractivity contribution in [3.05, 3.63) is 42.0 Å². The van der Waals surface area contributed by atoms with Crippen molar-refractivity contribution in [1.29, 1.82) is 0 Å². The molecule has 0 unspecified atom stereocenters. The molecule has 0 bridgehead atoms. The van der Waals surface area contributed by atoms with Crippen molar-refractivity contribution in [2.24, 2.45) is 17.3 Å². The maximum atomic E-state index is 13.0. The van der Waals surface area contributed by atoms with E-state index in [1.807, 2.05) is 38.1 Å². The van der Waals surface area contributed by atoms with Crippen LogP contribution in [0.5, 0.6) is 0 Å². The summed E-state index contributed by atoms with van der Waals surface area (Å²) in [5.74, 6) is -1.89. The van der Waals surface area contributed by atoms with Crippen LogP contribution in [0.25, 0.3) is 0 Å². The number of hydrogen-bond acceptors (Lipinski definition) is 5. The predicted octanol–water partition coefficient (Wildman–Crippen LogP) is 4.44. The topological polar surface area (TPSA) is 113 Å². The van der Waals surface area contributed by atoms with Crippen LogP contribution in [0.4, 0.5) is 5.69 Å². The molecule has 8 heteroatoms. The molecule has 208 valence electrons. The molecule has 1 aromatic rings. The number of carbonyl (C=O) groups is 5. The number of amides is 4. The van der Waals surface area contributed by atoms with Crippen molar-refractivity contribution in [2.75, 3.05) is 11.9 Å². The molecule has 38 heavy (non-hydrogen) atoms. The van der Waals surface area contributed by atoms with Crippen molar-refractivity contribution in [3.63, 3.8) is 0 Å². The van der Waals surface area contributed by atoms with Crippen LogP contribution in [0, 0.1) is 17.3 Å². The number of anilines is 1. The molecule has 1 aliphatic rings. The van der Waals surface area contributed by atoms with Crippen LogP contribution in [0.1, 0.15) is 79.2 Å². The first-order valence-electron chi connectivity index (χ1n) is 13.5. The predicted molar refractivity (Wildman–Crippen MR) is 148 cm³/mol. The summed E-state index contributed by atoms with van der Waals surface area (Å²) in [5, 5.41) is 5.72. The molecule has 8 nitrogen and oxygen atoms in total. The van der Waals surface area contributed by atoms with Crippen LogP contribution >= 0.6 is 0 Å². The Morgan fingerprint density at radius 2 is 1.50 bits per heavy atom. The molecule has 1 aromatic carbocycles. The van der Waals surface area contributed by atoms with Gasteiger partial charge in [0.05, 0.1) is 6.04 Å². The quantitative estimate of drug-likeness (QED) is 0.276. The van der Waals surface area contributed by atoms with E-state index in [0.29, 0.717) is 31.5 Å². The van der Waals surface area contributed by atoms with E-state index in [-0.39, 0.29) is 53.6 Å². The highest BCUT2D eigenvalue weighted by Crippen LogP contribution is 2.22. The maximum absolute atomic E-state index is 13.0. The summed E-state index contributed by atoms with van der Waals surface area (Å²) in [6.45, 7) is 12.3. The van der Waals surface area contributed by atoms with Gasteiger partial charge in [-0.25, -0.2) is 0 Å². The van der Waals surface area contributed by atoms with Crippen molar-refractivity contribution < 1.29 is 24.0 Å². The molecule has 2 atom stereocenters. The number of benzene rings is 1. The first kappa shape index (κ1) is 30.9. The van der Waals surface area contributed by atoms with E-state index in [1.165, 1.54) is 22.6 Å². The van der Waals surface area contributed by atoms with Gasteiger partial charge in [-0.15, -0.1) is 0 Å². The van der Waals surface area contributed by atoms with Gasteiger partial charge in [-0.3, -0.25) is 28.9 Å². The molecular weight excluding hydrogens is 482 g/mol. The average Bonchev–Trinajstić information content (AvgIpc) is 3.14. The van der Waals surface area contributed by atoms with Gasteiger partial charge in [0.15, 0.2) is 5.78 Å². The van der Waals surface area contributed by atoms with Gasteiger partial charge in [-0.1, -0.05) is 60.1 Å². The summed E-state index contributed by atoms with van der Waals surface area (Å²) in [6.07, 6.45) is 5.61. The second kappa shape index (κ2) is 14.0. The number of unbranched alkanes of at least 4 members (excludes halogenated alkanes) is 2. The molecule has 0 aliphatic carbocycles. The Bertz CT molecular complexity index is 1020. The van der Waals surface area contributed by atoms with Gasteiger partial charge in [-0.05, 0) is 48.3 Å². The van der Waals surface area contributed by atoms with E-state index < -0.39 is 12.0 Å². The molecule has 2 N–H and O–H groups in total. The maximum Gasteiger partial charge on any atom is 0.253 e. The van der Waals surface area contributed by atoms with Gasteiger partial charge < -0.3 is 10.6 Å². The third-order valence-corrected chi connectivity index (χ3v) is 6.43. The SMILES string of the molecule is CC(C)[C@H](NC(=O)CCCCCN1C(=O)C=CC1=O)C(=O)C[C@@H](C)C(=O)Nc1ccc(CC(C)(C)C)cc1. The lowest BCUT2D eigenvalue weighted by Crippen LogP contribution is -2.45. The number of ketones is 1. The summed E-state index contributed by atoms with van der Waals surface area (Å²) in [6, 6.07) is 7.10. The Hall–Kier alpha value is -3.29. The van der Waals surface area contributed by atoms with E-state index in [9.17, 15) is 24.0 Å². The van der Waals surface area contributed by atoms with Crippen LogP contribution in [-0.4, -0.2) is 46.9 Å². The Morgan fingerprint density at radius 1 is 0.895 bits per heavy atom. The number of nitrogens with zero attached hydrogens (tertiary/aromatic N) is 1. The van der Waals surface area contributed by atoms with Crippen molar-refractivity contribution in [1.82, 2.24) is 10.2 Å². The lowest BCUT2D eigenvalue weighted by atomic mass is 9.88. The molecular formula is C30H43N3O5. The number of rotatable bonds is 14. The van der Waals surface area contributed by atoms with Crippen LogP contribution in [-0.2, 0) is 30.4 Å². The highest BCUT2D eigenvalue weighted by atomic mass is 16.2. The highest BCUT2D eigenvalue weighted by Gasteiger charge is 2.27. The fourth-order valence-electron chi connectivity index (χ4n) is 4.35. The zero-order valence-electron chi connectivity index (χ0n) is 23.6. The normalized spacial score (nSPS) is 15.1. The Balaban J connectivity index is 1.77. The second-order valence-electron chi connectivity index (χ2n) is 11.8. The Labute approximate surface area is 226 Å². The summed E-state index contributed by atoms with van der Waals surface area (Å²) < 4.78 is 0. The number of hydrogen-bond donors (Lipinski definition) is 2. The minimum atomic E-state index is -0.666. The van der Waals surface area contributed by atoms with Crippen molar-refractivity contribution in [2.45, 2.75) is 86.1 Å². The van der Waals surface area contributed by atoms with Gasteiger partial charge >= 0.3 is 0 Å². The second-order valence-corrected chi connectivity index (χ2v) is 11.8. The van der Waals surface area contributed by atoms with Gasteiger partial charge in [0.25, 0.3) is 11.8 Å².